The van der Waals surface area contributed by atoms with Crippen LogP contribution in [0.5, 0.6) is 0 Å². The number of oxime groups is 1. The Kier molecular flexibility index (Phi) is 3.51. The van der Waals surface area contributed by atoms with Gasteiger partial charge in [0.1, 0.15) is 0 Å². The van der Waals surface area contributed by atoms with E-state index in [1.165, 1.54) is 18.7 Å². The number of hydrogen-bond acceptors (Lipinski definition) is 5. The second-order valence-electron chi connectivity index (χ2n) is 4.23. The van der Waals surface area contributed by atoms with Gasteiger partial charge in [-0.15, -0.1) is 0 Å². The third-order valence-electron chi connectivity index (χ3n) is 2.41. The van der Waals surface area contributed by atoms with E-state index in [9.17, 15) is 9.59 Å². The van der Waals surface area contributed by atoms with Crippen LogP contribution in [0.3, 0.4) is 0 Å². The summed E-state index contributed by atoms with van der Waals surface area (Å²) in [4.78, 5) is 28.7. The van der Waals surface area contributed by atoms with Crippen LogP contribution < -0.4 is 0 Å². The van der Waals surface area contributed by atoms with Crippen LogP contribution in [-0.4, -0.2) is 41.9 Å². The van der Waals surface area contributed by atoms with Crippen LogP contribution in [0.2, 0.25) is 0 Å². The van der Waals surface area contributed by atoms with Crippen molar-refractivity contribution < 1.29 is 19.2 Å². The second kappa shape index (κ2) is 4.51. The van der Waals surface area contributed by atoms with Crippen molar-refractivity contribution in [3.05, 3.63) is 0 Å². The summed E-state index contributed by atoms with van der Waals surface area (Å²) in [7, 11) is 1.59. The Morgan fingerprint density at radius 3 is 2.75 bits per heavy atom. The Balaban J connectivity index is 2.64. The zero-order valence-electron chi connectivity index (χ0n) is 9.89. The topological polar surface area (TPSA) is 68.2 Å². The number of likely N-dealkylation sites (N-methyl/N-ethyl adjacent to an activating group) is 1. The van der Waals surface area contributed by atoms with Crippen LogP contribution in [-0.2, 0) is 19.2 Å². The number of rotatable bonds is 4. The summed E-state index contributed by atoms with van der Waals surface area (Å²) >= 11 is 0. The van der Waals surface area contributed by atoms with Gasteiger partial charge in [0.25, 0.3) is 12.4 Å². The number of amides is 1. The Morgan fingerprint density at radius 1 is 1.69 bits per heavy atom. The normalized spacial score (nSPS) is 19.8. The van der Waals surface area contributed by atoms with Crippen molar-refractivity contribution in [3.63, 3.8) is 0 Å². The highest BCUT2D eigenvalue weighted by Crippen LogP contribution is 2.19. The molecule has 16 heavy (non-hydrogen) atoms. The molecule has 1 amide bonds. The molecule has 0 saturated carbocycles. The summed E-state index contributed by atoms with van der Waals surface area (Å²) in [6.45, 7) is 5.15. The van der Waals surface area contributed by atoms with Crippen molar-refractivity contribution in [2.24, 2.45) is 5.16 Å². The Labute approximate surface area is 94.2 Å². The third-order valence-corrected chi connectivity index (χ3v) is 2.41. The largest absolute Gasteiger partial charge is 0.452 e. The van der Waals surface area contributed by atoms with E-state index in [1.807, 2.05) is 6.92 Å². The maximum Gasteiger partial charge on any atom is 0.294 e. The second-order valence-corrected chi connectivity index (χ2v) is 4.23. The smallest absolute Gasteiger partial charge is 0.294 e. The lowest BCUT2D eigenvalue weighted by Crippen LogP contribution is -2.49. The first kappa shape index (κ1) is 12.5. The van der Waals surface area contributed by atoms with E-state index in [0.29, 0.717) is 6.42 Å². The molecule has 1 aliphatic rings. The fourth-order valence-corrected chi connectivity index (χ4v) is 1.41. The van der Waals surface area contributed by atoms with E-state index in [1.54, 1.807) is 7.05 Å². The van der Waals surface area contributed by atoms with Gasteiger partial charge in [0.15, 0.2) is 5.60 Å². The molecule has 1 rings (SSSR count). The van der Waals surface area contributed by atoms with Crippen molar-refractivity contribution in [2.75, 3.05) is 7.05 Å². The SMILES string of the molecule is CC1=NOC(N(C)C(=O)C(C)(C)OC=O)C1. The van der Waals surface area contributed by atoms with Gasteiger partial charge in [0.2, 0.25) is 6.23 Å². The van der Waals surface area contributed by atoms with E-state index >= 15 is 0 Å². The lowest BCUT2D eigenvalue weighted by molar-refractivity contribution is -0.168. The monoisotopic (exact) mass is 228 g/mol. The molecule has 1 atom stereocenters. The molecule has 1 heterocycles. The minimum atomic E-state index is -1.18. The van der Waals surface area contributed by atoms with Crippen molar-refractivity contribution in [2.45, 2.75) is 39.0 Å². The molecule has 1 aliphatic heterocycles. The van der Waals surface area contributed by atoms with Crippen molar-refractivity contribution >= 4 is 18.1 Å². The molecule has 6 heteroatoms. The van der Waals surface area contributed by atoms with Gasteiger partial charge in [-0.05, 0) is 20.8 Å². The molecule has 0 aromatic rings. The average molecular weight is 228 g/mol. The van der Waals surface area contributed by atoms with E-state index in [0.717, 1.165) is 5.71 Å². The maximum atomic E-state index is 12.0. The fourth-order valence-electron chi connectivity index (χ4n) is 1.41. The van der Waals surface area contributed by atoms with Gasteiger partial charge in [-0.2, -0.15) is 0 Å². The number of nitrogens with zero attached hydrogens (tertiary/aromatic N) is 2. The van der Waals surface area contributed by atoms with Gasteiger partial charge < -0.3 is 14.5 Å². The molecule has 0 fully saturated rings. The van der Waals surface area contributed by atoms with Crippen LogP contribution in [0.1, 0.15) is 27.2 Å². The van der Waals surface area contributed by atoms with Crippen molar-refractivity contribution in [1.82, 2.24) is 4.90 Å². The Hall–Kier alpha value is -1.59. The molecule has 0 bridgehead atoms. The standard InChI is InChI=1S/C10H16N2O4/c1-7-5-8(16-11-7)12(4)9(14)10(2,3)15-6-13/h6,8H,5H2,1-4H3. The van der Waals surface area contributed by atoms with Crippen LogP contribution in [0.15, 0.2) is 5.16 Å². The number of carbonyl (C=O) groups excluding carboxylic acids is 2. The predicted octanol–water partition coefficient (Wildman–Crippen LogP) is 0.519. The van der Waals surface area contributed by atoms with Crippen molar-refractivity contribution in [1.29, 1.82) is 0 Å². The number of ether oxygens (including phenoxy) is 1. The summed E-state index contributed by atoms with van der Waals surface area (Å²) < 4.78 is 4.73. The molecule has 0 saturated heterocycles. The molecule has 0 aliphatic carbocycles. The third kappa shape index (κ3) is 2.50. The summed E-state index contributed by atoms with van der Waals surface area (Å²) in [5.41, 5.74) is -0.352. The fraction of sp³-hybridized carbons (Fsp3) is 0.700. The van der Waals surface area contributed by atoms with Crippen LogP contribution in [0.4, 0.5) is 0 Å². The number of carbonyl (C=O) groups is 2. The zero-order valence-corrected chi connectivity index (χ0v) is 9.89. The minimum Gasteiger partial charge on any atom is -0.452 e. The van der Waals surface area contributed by atoms with E-state index in [4.69, 9.17) is 9.57 Å². The van der Waals surface area contributed by atoms with Gasteiger partial charge >= 0.3 is 0 Å². The Bertz CT molecular complexity index is 325. The first-order chi connectivity index (χ1) is 7.38. The van der Waals surface area contributed by atoms with Crippen molar-refractivity contribution in [3.8, 4) is 0 Å². The van der Waals surface area contributed by atoms with E-state index in [2.05, 4.69) is 5.16 Å². The molecule has 0 N–H and O–H groups in total. The summed E-state index contributed by atoms with van der Waals surface area (Å²) in [5.74, 6) is -0.325. The van der Waals surface area contributed by atoms with Crippen LogP contribution >= 0.6 is 0 Å². The van der Waals surface area contributed by atoms with Crippen LogP contribution in [0.25, 0.3) is 0 Å². The molecule has 0 radical (unpaired) electrons. The quantitative estimate of drug-likeness (QED) is 0.658. The van der Waals surface area contributed by atoms with Gasteiger partial charge in [-0.1, -0.05) is 5.16 Å². The van der Waals surface area contributed by atoms with Crippen LogP contribution in [0, 0.1) is 0 Å². The molecule has 6 nitrogen and oxygen atoms in total. The summed E-state index contributed by atoms with van der Waals surface area (Å²) in [5, 5.41) is 3.76. The molecular formula is C10H16N2O4. The summed E-state index contributed by atoms with van der Waals surface area (Å²) in [6, 6.07) is 0. The minimum absolute atomic E-state index is 0.267. The lowest BCUT2D eigenvalue weighted by atomic mass is 10.1. The highest BCUT2D eigenvalue weighted by Gasteiger charge is 2.37. The van der Waals surface area contributed by atoms with Gasteiger partial charge in [0, 0.05) is 13.5 Å². The van der Waals surface area contributed by atoms with Gasteiger partial charge in [-0.3, -0.25) is 9.59 Å². The van der Waals surface area contributed by atoms with Gasteiger partial charge in [0.05, 0.1) is 5.71 Å². The summed E-state index contributed by atoms with van der Waals surface area (Å²) in [6.07, 6.45) is 0.154. The molecule has 1 unspecified atom stereocenters. The van der Waals surface area contributed by atoms with Gasteiger partial charge in [-0.25, -0.2) is 0 Å². The van der Waals surface area contributed by atoms with E-state index < -0.39 is 11.8 Å². The molecule has 90 valence electrons. The first-order valence-corrected chi connectivity index (χ1v) is 4.96. The molecule has 0 spiro atoms. The number of hydrogen-bond donors (Lipinski definition) is 0. The average Bonchev–Trinajstić information content (AvgIpc) is 2.62. The van der Waals surface area contributed by atoms with E-state index in [-0.39, 0.29) is 12.4 Å². The highest BCUT2D eigenvalue weighted by molar-refractivity contribution is 5.87. The molecule has 0 aromatic carbocycles. The first-order valence-electron chi connectivity index (χ1n) is 4.96. The lowest BCUT2D eigenvalue weighted by Gasteiger charge is -2.30. The molecular weight excluding hydrogens is 212 g/mol. The molecule has 0 aromatic heterocycles. The zero-order chi connectivity index (χ0) is 12.3. The highest BCUT2D eigenvalue weighted by atomic mass is 16.7. The maximum absolute atomic E-state index is 12.0. The Morgan fingerprint density at radius 2 is 2.31 bits per heavy atom. The predicted molar refractivity (Wildman–Crippen MR) is 56.6 cm³/mol.